The number of para-hydroxylation sites is 1. The van der Waals surface area contributed by atoms with Crippen LogP contribution in [0, 0.1) is 0 Å². The lowest BCUT2D eigenvalue weighted by atomic mass is 10.1. The highest BCUT2D eigenvalue weighted by molar-refractivity contribution is 6.34. The molecule has 1 aliphatic rings. The molecular weight excluding hydrogens is 314 g/mol. The summed E-state index contributed by atoms with van der Waals surface area (Å²) in [4.78, 5) is 14.7. The van der Waals surface area contributed by atoms with E-state index in [1.54, 1.807) is 23.1 Å². The van der Waals surface area contributed by atoms with Crippen molar-refractivity contribution in [3.63, 3.8) is 0 Å². The van der Waals surface area contributed by atoms with E-state index in [4.69, 9.17) is 17.3 Å². The Morgan fingerprint density at radius 1 is 1.35 bits per heavy atom. The zero-order chi connectivity index (χ0) is 16.4. The van der Waals surface area contributed by atoms with Crippen molar-refractivity contribution in [1.82, 2.24) is 5.32 Å². The van der Waals surface area contributed by atoms with E-state index in [1.165, 1.54) is 0 Å². The van der Waals surface area contributed by atoms with Crippen LogP contribution in [0.3, 0.4) is 0 Å². The highest BCUT2D eigenvalue weighted by Gasteiger charge is 2.27. The standard InChI is InChI=1S/C17H18ClN3O2/c18-15-7-12(19)5-6-14(15)17(23)21-9-13(10-22)20-8-11-3-1-2-4-16(11)21/h1-7,13,20,22H,8-10,19H2/t13-/m0/s1. The van der Waals surface area contributed by atoms with Crippen LogP contribution < -0.4 is 16.0 Å². The smallest absolute Gasteiger partial charge is 0.259 e. The Kier molecular flexibility index (Phi) is 4.52. The van der Waals surface area contributed by atoms with Gasteiger partial charge in [0.2, 0.25) is 0 Å². The van der Waals surface area contributed by atoms with Crippen molar-refractivity contribution >= 4 is 28.9 Å². The lowest BCUT2D eigenvalue weighted by Crippen LogP contribution is -2.43. The number of benzene rings is 2. The Balaban J connectivity index is 2.02. The molecule has 0 fully saturated rings. The average Bonchev–Trinajstić information content (AvgIpc) is 2.74. The fourth-order valence-electron chi connectivity index (χ4n) is 2.73. The second kappa shape index (κ2) is 6.58. The van der Waals surface area contributed by atoms with Crippen LogP contribution in [0.5, 0.6) is 0 Å². The first-order chi connectivity index (χ1) is 11.1. The maximum absolute atomic E-state index is 13.0. The summed E-state index contributed by atoms with van der Waals surface area (Å²) in [6.45, 7) is 0.918. The first-order valence-corrected chi connectivity index (χ1v) is 7.77. The number of aliphatic hydroxyl groups excluding tert-OH is 1. The molecule has 0 aliphatic carbocycles. The van der Waals surface area contributed by atoms with Gasteiger partial charge in [-0.1, -0.05) is 29.8 Å². The number of carbonyl (C=O) groups excluding carboxylic acids is 1. The topological polar surface area (TPSA) is 78.6 Å². The summed E-state index contributed by atoms with van der Waals surface area (Å²) < 4.78 is 0. The van der Waals surface area contributed by atoms with Gasteiger partial charge >= 0.3 is 0 Å². The number of fused-ring (bicyclic) bond motifs is 1. The van der Waals surface area contributed by atoms with Gasteiger partial charge < -0.3 is 21.1 Å². The molecule has 1 amide bonds. The van der Waals surface area contributed by atoms with Gasteiger partial charge in [0, 0.05) is 30.5 Å². The lowest BCUT2D eigenvalue weighted by molar-refractivity contribution is 0.0982. The van der Waals surface area contributed by atoms with Crippen molar-refractivity contribution in [1.29, 1.82) is 0 Å². The number of aliphatic hydroxyl groups is 1. The molecule has 0 unspecified atom stereocenters. The predicted molar refractivity (Wildman–Crippen MR) is 91.7 cm³/mol. The first-order valence-electron chi connectivity index (χ1n) is 7.39. The average molecular weight is 332 g/mol. The predicted octanol–water partition coefficient (Wildman–Crippen LogP) is 2.03. The molecule has 4 N–H and O–H groups in total. The van der Waals surface area contributed by atoms with E-state index in [1.807, 2.05) is 24.3 Å². The number of hydrogen-bond acceptors (Lipinski definition) is 4. The summed E-state index contributed by atoms with van der Waals surface area (Å²) in [6, 6.07) is 12.4. The van der Waals surface area contributed by atoms with Gasteiger partial charge in [-0.25, -0.2) is 0 Å². The molecule has 0 spiro atoms. The number of rotatable bonds is 2. The number of nitrogen functional groups attached to an aromatic ring is 1. The molecule has 6 heteroatoms. The van der Waals surface area contributed by atoms with Gasteiger partial charge in [0.1, 0.15) is 0 Å². The van der Waals surface area contributed by atoms with E-state index < -0.39 is 0 Å². The minimum absolute atomic E-state index is 0.0484. The van der Waals surface area contributed by atoms with Crippen LogP contribution in [0.2, 0.25) is 5.02 Å². The fourth-order valence-corrected chi connectivity index (χ4v) is 3.00. The van der Waals surface area contributed by atoms with Gasteiger partial charge in [-0.05, 0) is 29.8 Å². The van der Waals surface area contributed by atoms with Crippen LogP contribution in [-0.4, -0.2) is 30.2 Å². The molecule has 3 rings (SSSR count). The molecule has 2 aromatic rings. The summed E-state index contributed by atoms with van der Waals surface area (Å²) in [6.07, 6.45) is 0. The van der Waals surface area contributed by atoms with Crippen LogP contribution in [0.4, 0.5) is 11.4 Å². The third-order valence-electron chi connectivity index (χ3n) is 3.96. The number of nitrogens with zero attached hydrogens (tertiary/aromatic N) is 1. The molecule has 0 saturated carbocycles. The van der Waals surface area contributed by atoms with Gasteiger partial charge in [-0.2, -0.15) is 0 Å². The van der Waals surface area contributed by atoms with Crippen LogP contribution in [-0.2, 0) is 6.54 Å². The highest BCUT2D eigenvalue weighted by Crippen LogP contribution is 2.28. The number of halogens is 1. The summed E-state index contributed by atoms with van der Waals surface area (Å²) >= 11 is 6.19. The van der Waals surface area contributed by atoms with Crippen molar-refractivity contribution in [3.05, 3.63) is 58.6 Å². The fraction of sp³-hybridized carbons (Fsp3) is 0.235. The number of amides is 1. The number of nitrogens with two attached hydrogens (primary N) is 1. The monoisotopic (exact) mass is 331 g/mol. The Morgan fingerprint density at radius 2 is 2.13 bits per heavy atom. The van der Waals surface area contributed by atoms with Crippen molar-refractivity contribution in [2.75, 3.05) is 23.8 Å². The Morgan fingerprint density at radius 3 is 2.87 bits per heavy atom. The van der Waals surface area contributed by atoms with Gasteiger partial charge in [0.25, 0.3) is 5.91 Å². The molecule has 1 atom stereocenters. The Bertz CT molecular complexity index is 736. The Labute approximate surface area is 139 Å². The molecule has 2 aromatic carbocycles. The molecule has 0 bridgehead atoms. The number of nitrogens with one attached hydrogen (secondary N) is 1. The van der Waals surface area contributed by atoms with Crippen LogP contribution in [0.25, 0.3) is 0 Å². The van der Waals surface area contributed by atoms with Gasteiger partial charge in [0.05, 0.1) is 17.2 Å². The summed E-state index contributed by atoms with van der Waals surface area (Å²) in [5.41, 5.74) is 8.44. The third kappa shape index (κ3) is 3.17. The zero-order valence-corrected chi connectivity index (χ0v) is 13.3. The molecule has 1 aliphatic heterocycles. The lowest BCUT2D eigenvalue weighted by Gasteiger charge is -2.25. The number of hydrogen-bond donors (Lipinski definition) is 3. The SMILES string of the molecule is Nc1ccc(C(=O)N2C[C@@H](CO)NCc3ccccc32)c(Cl)c1. The molecule has 0 radical (unpaired) electrons. The molecule has 5 nitrogen and oxygen atoms in total. The van der Waals surface area contributed by atoms with Crippen molar-refractivity contribution in [2.45, 2.75) is 12.6 Å². The molecule has 0 aromatic heterocycles. The third-order valence-corrected chi connectivity index (χ3v) is 4.27. The van der Waals surface area contributed by atoms with E-state index >= 15 is 0 Å². The van der Waals surface area contributed by atoms with Gasteiger partial charge in [-0.3, -0.25) is 4.79 Å². The summed E-state index contributed by atoms with van der Waals surface area (Å²) in [5, 5.41) is 13.1. The van der Waals surface area contributed by atoms with E-state index in [-0.39, 0.29) is 18.6 Å². The van der Waals surface area contributed by atoms with E-state index in [0.717, 1.165) is 11.3 Å². The van der Waals surface area contributed by atoms with E-state index in [9.17, 15) is 9.90 Å². The van der Waals surface area contributed by atoms with Gasteiger partial charge in [0.15, 0.2) is 0 Å². The molecular formula is C17H18ClN3O2. The normalized spacial score (nSPS) is 17.5. The van der Waals surface area contributed by atoms with Crippen molar-refractivity contribution in [3.8, 4) is 0 Å². The van der Waals surface area contributed by atoms with Crippen molar-refractivity contribution in [2.24, 2.45) is 0 Å². The minimum atomic E-state index is -0.204. The molecule has 1 heterocycles. The van der Waals surface area contributed by atoms with Crippen molar-refractivity contribution < 1.29 is 9.90 Å². The second-order valence-corrected chi connectivity index (χ2v) is 5.95. The van der Waals surface area contributed by atoms with Gasteiger partial charge in [-0.15, -0.1) is 0 Å². The maximum atomic E-state index is 13.0. The largest absolute Gasteiger partial charge is 0.399 e. The van der Waals surface area contributed by atoms with Crippen LogP contribution >= 0.6 is 11.6 Å². The second-order valence-electron chi connectivity index (χ2n) is 5.54. The van der Waals surface area contributed by atoms with Crippen LogP contribution in [0.1, 0.15) is 15.9 Å². The zero-order valence-electron chi connectivity index (χ0n) is 12.5. The maximum Gasteiger partial charge on any atom is 0.259 e. The molecule has 0 saturated heterocycles. The van der Waals surface area contributed by atoms with Crippen LogP contribution in [0.15, 0.2) is 42.5 Å². The first kappa shape index (κ1) is 15.8. The Hall–Kier alpha value is -2.08. The molecule has 120 valence electrons. The van der Waals surface area contributed by atoms with E-state index in [2.05, 4.69) is 5.32 Å². The highest BCUT2D eigenvalue weighted by atomic mass is 35.5. The summed E-state index contributed by atoms with van der Waals surface area (Å²) in [7, 11) is 0. The minimum Gasteiger partial charge on any atom is -0.399 e. The van der Waals surface area contributed by atoms with E-state index in [0.29, 0.717) is 29.4 Å². The molecule has 23 heavy (non-hydrogen) atoms. The number of anilines is 2. The quantitative estimate of drug-likeness (QED) is 0.736. The number of carbonyl (C=O) groups is 1. The summed E-state index contributed by atoms with van der Waals surface area (Å²) in [5.74, 6) is -0.204.